The van der Waals surface area contributed by atoms with Crippen molar-refractivity contribution in [1.82, 2.24) is 18.3 Å². The maximum Gasteiger partial charge on any atom is 0.0548 e. The molecule has 456 valence electrons. The molecule has 0 atom stereocenters. The molecule has 4 heteroatoms. The fraction of sp³-hybridized carbons (Fsp3) is 0. The second-order valence-corrected chi connectivity index (χ2v) is 26.0. The number of nitrogens with zero attached hydrogens (tertiary/aromatic N) is 4. The minimum atomic E-state index is 1.16. The molecule has 0 aliphatic heterocycles. The Bertz CT molecular complexity index is 6690. The van der Waals surface area contributed by atoms with E-state index >= 15 is 0 Å². The minimum absolute atomic E-state index is 1.16. The topological polar surface area (TPSA) is 19.7 Å². The summed E-state index contributed by atoms with van der Waals surface area (Å²) in [7, 11) is 0. The molecular formula is C94H60N4. The number of aromatic nitrogens is 4. The molecule has 4 nitrogen and oxygen atoms in total. The van der Waals surface area contributed by atoms with Crippen molar-refractivity contribution in [3.8, 4) is 56.1 Å². The Hall–Kier alpha value is -13.0. The molecule has 0 radical (unpaired) electrons. The van der Waals surface area contributed by atoms with Crippen LogP contribution in [0.1, 0.15) is 0 Å². The van der Waals surface area contributed by atoms with Crippen LogP contribution < -0.4 is 0 Å². The lowest BCUT2D eigenvalue weighted by Gasteiger charge is -2.14. The van der Waals surface area contributed by atoms with E-state index in [0.29, 0.717) is 0 Å². The highest BCUT2D eigenvalue weighted by Gasteiger charge is 2.20. The second-order valence-electron chi connectivity index (χ2n) is 26.0. The molecule has 0 saturated carbocycles. The zero-order valence-corrected chi connectivity index (χ0v) is 53.4. The van der Waals surface area contributed by atoms with Gasteiger partial charge in [0.2, 0.25) is 0 Å². The monoisotopic (exact) mass is 1240 g/mol. The van der Waals surface area contributed by atoms with Crippen molar-refractivity contribution in [1.29, 1.82) is 0 Å². The van der Waals surface area contributed by atoms with Crippen molar-refractivity contribution >= 4 is 130 Å². The van der Waals surface area contributed by atoms with Gasteiger partial charge in [-0.15, -0.1) is 0 Å². The SMILES string of the molecule is c1ccc(-c2ccc3c4ccc(-c5ccc(-n6c7ccccc7c7cc8c(ccn8-c8ccccc8)cc76)cc5)cc4c4ccccc4c3c2)cc1.c1ccc(-n2ccc3cc4c(cc32)c2ccccc2n4-c2ccc(-c3ccc4c5ccccc5c5ccccc5c4c3)cc2)cc1. The minimum Gasteiger partial charge on any atom is -0.317 e. The molecule has 17 aromatic carbocycles. The van der Waals surface area contributed by atoms with Crippen molar-refractivity contribution in [2.24, 2.45) is 0 Å². The third-order valence-electron chi connectivity index (χ3n) is 20.6. The quantitative estimate of drug-likeness (QED) is 0.142. The normalized spacial score (nSPS) is 11.9. The number of hydrogen-bond donors (Lipinski definition) is 0. The van der Waals surface area contributed by atoms with Crippen molar-refractivity contribution < 1.29 is 0 Å². The Morgan fingerprint density at radius 2 is 0.429 bits per heavy atom. The highest BCUT2D eigenvalue weighted by Crippen LogP contribution is 2.43. The standard InChI is InChI=1S/C50H32N2.C44H28N2/c1-3-11-33(12-4-1)35-21-25-42-43-26-22-36(30-46(43)41-16-8-7-15-40(41)45(42)29-35)34-19-23-39(24-20-34)52-48-18-10-9-17-44(48)47-32-49-37(31-50(47)52)27-28-51(49)38-13-5-2-6-14-38;1-2-10-32(11-3-1)45-25-24-31-27-44-41(28-43(31)45)39-16-8-9-17-42(39)46(44)33-21-18-29(19-22-33)30-20-23-38-36-14-5-4-12-34(36)35-13-6-7-15-37(35)40(38)26-30/h1-32H;1-28H. The zero-order valence-electron chi connectivity index (χ0n) is 53.4. The van der Waals surface area contributed by atoms with Crippen LogP contribution in [0.4, 0.5) is 0 Å². The van der Waals surface area contributed by atoms with E-state index in [4.69, 9.17) is 0 Å². The van der Waals surface area contributed by atoms with Crippen LogP contribution in [-0.4, -0.2) is 18.3 Å². The summed E-state index contributed by atoms with van der Waals surface area (Å²) in [6.45, 7) is 0. The number of benzene rings is 17. The van der Waals surface area contributed by atoms with E-state index in [-0.39, 0.29) is 0 Å². The number of para-hydroxylation sites is 4. The Morgan fingerprint density at radius 3 is 0.796 bits per heavy atom. The molecule has 98 heavy (non-hydrogen) atoms. The van der Waals surface area contributed by atoms with Crippen LogP contribution in [0, 0.1) is 0 Å². The van der Waals surface area contributed by atoms with Gasteiger partial charge in [-0.2, -0.15) is 0 Å². The fourth-order valence-corrected chi connectivity index (χ4v) is 16.0. The maximum absolute atomic E-state index is 2.41. The van der Waals surface area contributed by atoms with E-state index in [1.807, 2.05) is 0 Å². The predicted octanol–water partition coefficient (Wildman–Crippen LogP) is 25.4. The predicted molar refractivity (Wildman–Crippen MR) is 417 cm³/mol. The molecule has 4 aromatic heterocycles. The van der Waals surface area contributed by atoms with E-state index in [1.165, 1.54) is 175 Å². The summed E-state index contributed by atoms with van der Waals surface area (Å²) in [6, 6.07) is 129. The van der Waals surface area contributed by atoms with Gasteiger partial charge >= 0.3 is 0 Å². The average Bonchev–Trinajstić information content (AvgIpc) is 1.43. The van der Waals surface area contributed by atoms with Crippen LogP contribution >= 0.6 is 0 Å². The fourth-order valence-electron chi connectivity index (χ4n) is 16.0. The summed E-state index contributed by atoms with van der Waals surface area (Å²) in [4.78, 5) is 0. The van der Waals surface area contributed by atoms with Crippen LogP contribution in [0.2, 0.25) is 0 Å². The first-order chi connectivity index (χ1) is 48.6. The van der Waals surface area contributed by atoms with Gasteiger partial charge in [0.25, 0.3) is 0 Å². The van der Waals surface area contributed by atoms with Crippen LogP contribution in [0.25, 0.3) is 186 Å². The van der Waals surface area contributed by atoms with Gasteiger partial charge in [0.1, 0.15) is 0 Å². The van der Waals surface area contributed by atoms with E-state index in [1.54, 1.807) is 0 Å². The van der Waals surface area contributed by atoms with E-state index in [9.17, 15) is 0 Å². The zero-order chi connectivity index (χ0) is 64.4. The molecule has 0 spiro atoms. The summed E-state index contributed by atoms with van der Waals surface area (Å²) in [5.74, 6) is 0. The molecule has 0 N–H and O–H groups in total. The van der Waals surface area contributed by atoms with Gasteiger partial charge in [-0.3, -0.25) is 0 Å². The molecule has 0 saturated heterocycles. The lowest BCUT2D eigenvalue weighted by atomic mass is 9.90. The largest absolute Gasteiger partial charge is 0.317 e. The van der Waals surface area contributed by atoms with Crippen LogP contribution in [0.3, 0.4) is 0 Å². The molecule has 0 bridgehead atoms. The van der Waals surface area contributed by atoms with Gasteiger partial charge in [0.05, 0.1) is 33.1 Å². The van der Waals surface area contributed by atoms with Crippen LogP contribution in [0.15, 0.2) is 364 Å². The smallest absolute Gasteiger partial charge is 0.0548 e. The van der Waals surface area contributed by atoms with E-state index < -0.39 is 0 Å². The van der Waals surface area contributed by atoms with Crippen molar-refractivity contribution in [2.45, 2.75) is 0 Å². The Labute approximate surface area is 565 Å². The lowest BCUT2D eigenvalue weighted by molar-refractivity contribution is 1.13. The van der Waals surface area contributed by atoms with Crippen molar-refractivity contribution in [2.75, 3.05) is 0 Å². The number of fused-ring (bicyclic) bond motifs is 20. The first kappa shape index (κ1) is 55.4. The molecule has 0 amide bonds. The third kappa shape index (κ3) is 8.85. The summed E-state index contributed by atoms with van der Waals surface area (Å²) >= 11 is 0. The summed E-state index contributed by atoms with van der Waals surface area (Å²) in [6.07, 6.45) is 4.35. The summed E-state index contributed by atoms with van der Waals surface area (Å²) in [5.41, 5.74) is 19.3. The second kappa shape index (κ2) is 22.3. The molecule has 4 heterocycles. The first-order valence-electron chi connectivity index (χ1n) is 33.8. The number of hydrogen-bond acceptors (Lipinski definition) is 0. The van der Waals surface area contributed by atoms with Gasteiger partial charge in [0.15, 0.2) is 0 Å². The van der Waals surface area contributed by atoms with Crippen molar-refractivity contribution in [3.63, 3.8) is 0 Å². The third-order valence-corrected chi connectivity index (χ3v) is 20.6. The van der Waals surface area contributed by atoms with Gasteiger partial charge in [-0.1, -0.05) is 237 Å². The number of rotatable bonds is 7. The van der Waals surface area contributed by atoms with Crippen LogP contribution in [0.5, 0.6) is 0 Å². The maximum atomic E-state index is 2.41. The molecule has 0 aliphatic rings. The Kier molecular flexibility index (Phi) is 12.6. The van der Waals surface area contributed by atoms with Crippen molar-refractivity contribution in [3.05, 3.63) is 364 Å². The lowest BCUT2D eigenvalue weighted by Crippen LogP contribution is -1.94. The van der Waals surface area contributed by atoms with Gasteiger partial charge in [-0.05, 0) is 213 Å². The van der Waals surface area contributed by atoms with E-state index in [0.717, 1.165) is 11.4 Å². The van der Waals surface area contributed by atoms with E-state index in [2.05, 4.69) is 383 Å². The highest BCUT2D eigenvalue weighted by atomic mass is 15.0. The Balaban J connectivity index is 0.000000134. The Morgan fingerprint density at radius 1 is 0.143 bits per heavy atom. The van der Waals surface area contributed by atoms with Gasteiger partial charge in [-0.25, -0.2) is 0 Å². The molecule has 21 aromatic rings. The first-order valence-corrected chi connectivity index (χ1v) is 33.8. The molecular weight excluding hydrogens is 1190 g/mol. The molecule has 21 rings (SSSR count). The van der Waals surface area contributed by atoms with Gasteiger partial charge in [0, 0.05) is 67.5 Å². The molecule has 0 aliphatic carbocycles. The average molecular weight is 1250 g/mol. The molecule has 0 unspecified atom stereocenters. The highest BCUT2D eigenvalue weighted by molar-refractivity contribution is 6.27. The summed E-state index contributed by atoms with van der Waals surface area (Å²) < 4.78 is 9.39. The van der Waals surface area contributed by atoms with Gasteiger partial charge < -0.3 is 18.3 Å². The summed E-state index contributed by atoms with van der Waals surface area (Å²) in [5, 5.41) is 23.0. The molecule has 0 fully saturated rings. The van der Waals surface area contributed by atoms with Crippen LogP contribution in [-0.2, 0) is 0 Å².